The molecule has 0 N–H and O–H groups in total. The van der Waals surface area contributed by atoms with Crippen molar-refractivity contribution in [3.8, 4) is 0 Å². The van der Waals surface area contributed by atoms with Crippen molar-refractivity contribution in [3.63, 3.8) is 0 Å². The molecule has 1 radical (unpaired) electrons. The number of carbonyl (C=O) groups is 5. The minimum Gasteiger partial charge on any atom is -0.457 e. The van der Waals surface area contributed by atoms with Gasteiger partial charge in [0.15, 0.2) is 18.3 Å². The number of rotatable bonds is 20. The molecule has 0 aliphatic carbocycles. The molecule has 11 nitrogen and oxygen atoms in total. The highest BCUT2D eigenvalue weighted by molar-refractivity contribution is 5.69. The normalized spacial score (nSPS) is 14.1. The molecule has 0 heterocycles. The zero-order valence-electron chi connectivity index (χ0n) is 24.1. The molecule has 0 unspecified atom stereocenters. The van der Waals surface area contributed by atoms with E-state index in [-0.39, 0.29) is 6.54 Å². The van der Waals surface area contributed by atoms with Gasteiger partial charge in [-0.1, -0.05) is 51.9 Å². The molecule has 0 aliphatic heterocycles. The third-order valence-electron chi connectivity index (χ3n) is 5.63. The molecule has 38 heavy (non-hydrogen) atoms. The summed E-state index contributed by atoms with van der Waals surface area (Å²) in [7, 11) is 1.84. The van der Waals surface area contributed by atoms with Gasteiger partial charge in [-0.15, -0.1) is 0 Å². The quantitative estimate of drug-likeness (QED) is 0.0963. The molecule has 0 amide bonds. The van der Waals surface area contributed by atoms with E-state index in [9.17, 15) is 24.0 Å². The van der Waals surface area contributed by atoms with Crippen LogP contribution in [0.2, 0.25) is 0 Å². The van der Waals surface area contributed by atoms with Crippen LogP contribution in [-0.2, 0) is 47.7 Å². The average molecular weight is 546 g/mol. The maximum Gasteiger partial charge on any atom is 0.571 e. The van der Waals surface area contributed by atoms with Crippen LogP contribution < -0.4 is 0 Å². The zero-order chi connectivity index (χ0) is 29.1. The van der Waals surface area contributed by atoms with Gasteiger partial charge in [0.1, 0.15) is 0 Å². The predicted octanol–water partition coefficient (Wildman–Crippen LogP) is 3.35. The number of likely N-dealkylation sites (N-methyl/N-ethyl adjacent to an activating group) is 1. The summed E-state index contributed by atoms with van der Waals surface area (Å²) < 4.78 is 26.7. The molecule has 0 fully saturated rings. The summed E-state index contributed by atoms with van der Waals surface area (Å²) in [6.07, 6.45) is 4.11. The van der Waals surface area contributed by atoms with E-state index in [1.807, 2.05) is 11.9 Å². The van der Waals surface area contributed by atoms with Crippen molar-refractivity contribution in [2.24, 2.45) is 0 Å². The van der Waals surface area contributed by atoms with E-state index in [1.165, 1.54) is 39.0 Å². The Kier molecular flexibility index (Phi) is 18.9. The van der Waals surface area contributed by atoms with E-state index >= 15 is 0 Å². The maximum atomic E-state index is 12.1. The summed E-state index contributed by atoms with van der Waals surface area (Å²) in [4.78, 5) is 61.2. The van der Waals surface area contributed by atoms with Crippen LogP contribution >= 0.6 is 0 Å². The highest BCUT2D eigenvalue weighted by Gasteiger charge is 2.45. The van der Waals surface area contributed by atoms with Gasteiger partial charge in [0.25, 0.3) is 0 Å². The Morgan fingerprint density at radius 3 is 1.53 bits per heavy atom. The second kappa shape index (κ2) is 20.3. The Bertz CT molecular complexity index is 741. The average Bonchev–Trinajstić information content (AvgIpc) is 2.79. The highest BCUT2D eigenvalue weighted by Crippen LogP contribution is 2.21. The minimum atomic E-state index is -1.42. The summed E-state index contributed by atoms with van der Waals surface area (Å²) in [5.41, 5.74) is 0. The predicted molar refractivity (Wildman–Crippen MR) is 139 cm³/mol. The van der Waals surface area contributed by atoms with E-state index in [2.05, 4.69) is 6.92 Å². The number of carbonyl (C=O) groups excluding carboxylic acids is 5. The fourth-order valence-corrected chi connectivity index (χ4v) is 4.04. The van der Waals surface area contributed by atoms with Gasteiger partial charge in [-0.05, 0) is 20.0 Å². The summed E-state index contributed by atoms with van der Waals surface area (Å²) in [6, 6.07) is 0. The van der Waals surface area contributed by atoms with E-state index < -0.39 is 60.9 Å². The zero-order valence-corrected chi connectivity index (χ0v) is 24.1. The van der Waals surface area contributed by atoms with Crippen molar-refractivity contribution in [3.05, 3.63) is 0 Å². The Balaban J connectivity index is 5.72. The lowest BCUT2D eigenvalue weighted by Gasteiger charge is -2.36. The highest BCUT2D eigenvalue weighted by atomic mass is 16.6. The molecular weight excluding hydrogens is 498 g/mol. The van der Waals surface area contributed by atoms with Crippen molar-refractivity contribution >= 4 is 29.8 Å². The molecule has 0 saturated carbocycles. The Hall–Kier alpha value is -2.69. The third-order valence-corrected chi connectivity index (χ3v) is 5.63. The van der Waals surface area contributed by atoms with Gasteiger partial charge in [0.2, 0.25) is 12.7 Å². The monoisotopic (exact) mass is 545 g/mol. The Morgan fingerprint density at radius 1 is 0.658 bits per heavy atom. The lowest BCUT2D eigenvalue weighted by atomic mass is 10.0. The molecule has 11 heteroatoms. The van der Waals surface area contributed by atoms with Crippen molar-refractivity contribution in [2.75, 3.05) is 26.7 Å². The van der Waals surface area contributed by atoms with Crippen LogP contribution in [-0.4, -0.2) is 85.9 Å². The van der Waals surface area contributed by atoms with Gasteiger partial charge >= 0.3 is 29.8 Å². The molecule has 0 aliphatic rings. The van der Waals surface area contributed by atoms with Gasteiger partial charge in [-0.3, -0.25) is 19.2 Å². The number of hydrogen-bond donors (Lipinski definition) is 0. The van der Waals surface area contributed by atoms with Crippen LogP contribution in [0.25, 0.3) is 0 Å². The van der Waals surface area contributed by atoms with E-state index in [0.29, 0.717) is 6.54 Å². The number of esters is 5. The molecule has 0 spiro atoms. The second-order valence-electron chi connectivity index (χ2n) is 9.48. The molecule has 0 saturated heterocycles. The number of ether oxygens (including phenoxy) is 5. The first-order chi connectivity index (χ1) is 17.9. The fraction of sp³-hybridized carbons (Fsp3) is 0.815. The summed E-state index contributed by atoms with van der Waals surface area (Å²) in [5.74, 6) is -3.53. The van der Waals surface area contributed by atoms with Crippen LogP contribution in [0, 0.1) is 0 Å². The third kappa shape index (κ3) is 17.7. The lowest BCUT2D eigenvalue weighted by Crippen LogP contribution is -2.55. The lowest BCUT2D eigenvalue weighted by molar-refractivity contribution is -0.203. The second-order valence-corrected chi connectivity index (χ2v) is 9.48. The first-order valence-corrected chi connectivity index (χ1v) is 13.4. The van der Waals surface area contributed by atoms with Gasteiger partial charge in [-0.25, -0.2) is 0 Å². The molecule has 4 atom stereocenters. The molecule has 0 aromatic carbocycles. The molecule has 0 aromatic rings. The molecule has 219 valence electrons. The number of unbranched alkanes of at least 4 members (excludes halogenated alkanes) is 7. The van der Waals surface area contributed by atoms with Crippen molar-refractivity contribution < 1.29 is 47.7 Å². The van der Waals surface area contributed by atoms with Gasteiger partial charge in [0.05, 0.1) is 6.92 Å². The standard InChI is InChI=1S/C27H47NO10/c1-8-9-10-11-12-13-14-15-16-28(7)17-24(35-20(3)30)26(37-22(5)32)27(38-23(6)33)25(36-21(4)31)18-34-19(2)29/h24-27H,8-18H2,1-7H3/q+1/t24-,25+,26+,27+/m0/s1. The molecular formula is C27H47NO10+. The van der Waals surface area contributed by atoms with Gasteiger partial charge in [-0.2, -0.15) is 0 Å². The Labute approximate surface area is 226 Å². The fourth-order valence-electron chi connectivity index (χ4n) is 4.04. The van der Waals surface area contributed by atoms with E-state index in [0.717, 1.165) is 47.0 Å². The van der Waals surface area contributed by atoms with Gasteiger partial charge < -0.3 is 28.6 Å². The van der Waals surface area contributed by atoms with Crippen LogP contribution in [0.1, 0.15) is 92.9 Å². The SMILES string of the molecule is CCCCCCCCCCN(C)C[C@H](OC(C)=O)[C@@H](OC(C)=O)[C@H](OC(C)=O)[C@@H](COC(C)=[O+])OC(C)=O. The molecule has 0 bridgehead atoms. The first-order valence-electron chi connectivity index (χ1n) is 13.4. The summed E-state index contributed by atoms with van der Waals surface area (Å²) in [6.45, 7) is 8.35. The van der Waals surface area contributed by atoms with Crippen LogP contribution in [0.4, 0.5) is 0 Å². The largest absolute Gasteiger partial charge is 0.571 e. The smallest absolute Gasteiger partial charge is 0.457 e. The maximum absolute atomic E-state index is 12.1. The van der Waals surface area contributed by atoms with Crippen LogP contribution in [0.3, 0.4) is 0 Å². The summed E-state index contributed by atoms with van der Waals surface area (Å²) in [5, 5.41) is 0. The molecule has 0 rings (SSSR count). The van der Waals surface area contributed by atoms with Crippen molar-refractivity contribution in [2.45, 2.75) is 117 Å². The first kappa shape index (κ1) is 35.3. The van der Waals surface area contributed by atoms with E-state index in [4.69, 9.17) is 23.7 Å². The van der Waals surface area contributed by atoms with E-state index in [1.54, 1.807) is 0 Å². The molecule has 0 aromatic heterocycles. The number of nitrogens with zero attached hydrogens (tertiary/aromatic N) is 1. The Morgan fingerprint density at radius 2 is 1.08 bits per heavy atom. The van der Waals surface area contributed by atoms with Crippen LogP contribution in [0.5, 0.6) is 0 Å². The summed E-state index contributed by atoms with van der Waals surface area (Å²) >= 11 is 0. The van der Waals surface area contributed by atoms with Crippen molar-refractivity contribution in [1.29, 1.82) is 0 Å². The minimum absolute atomic E-state index is 0.145. The number of hydrogen-bond acceptors (Lipinski definition) is 11. The van der Waals surface area contributed by atoms with Crippen LogP contribution in [0.15, 0.2) is 0 Å². The topological polar surface area (TPSA) is 138 Å². The van der Waals surface area contributed by atoms with Gasteiger partial charge in [0, 0.05) is 39.0 Å². The van der Waals surface area contributed by atoms with Crippen molar-refractivity contribution in [1.82, 2.24) is 4.90 Å².